The molecule has 1 aromatic heterocycles. The summed E-state index contributed by atoms with van der Waals surface area (Å²) in [5.41, 5.74) is 2.27. The third-order valence-corrected chi connectivity index (χ3v) is 4.77. The van der Waals surface area contributed by atoms with Crippen LogP contribution < -0.4 is 0 Å². The molecule has 0 N–H and O–H groups in total. The van der Waals surface area contributed by atoms with Crippen LogP contribution in [0.5, 0.6) is 0 Å². The van der Waals surface area contributed by atoms with Crippen LogP contribution in [-0.2, 0) is 0 Å². The van der Waals surface area contributed by atoms with Gasteiger partial charge < -0.3 is 4.90 Å². The fourth-order valence-corrected chi connectivity index (χ4v) is 3.62. The lowest BCUT2D eigenvalue weighted by Gasteiger charge is -2.34. The van der Waals surface area contributed by atoms with Crippen molar-refractivity contribution in [2.75, 3.05) is 7.05 Å². The molecule has 1 aromatic rings. The Hall–Kier alpha value is -0.420. The van der Waals surface area contributed by atoms with E-state index in [4.69, 9.17) is 0 Å². The first kappa shape index (κ1) is 12.0. The summed E-state index contributed by atoms with van der Waals surface area (Å²) in [6, 6.07) is 0.308. The number of hydrogen-bond donors (Lipinski definition) is 0. The van der Waals surface area contributed by atoms with Crippen molar-refractivity contribution in [3.63, 3.8) is 0 Å². The van der Waals surface area contributed by atoms with Gasteiger partial charge in [-0.15, -0.1) is 11.3 Å². The van der Waals surface area contributed by atoms with Crippen molar-refractivity contribution in [2.24, 2.45) is 0 Å². The lowest BCUT2D eigenvalue weighted by molar-refractivity contribution is 0.0699. The van der Waals surface area contributed by atoms with Crippen molar-refractivity contribution in [1.82, 2.24) is 9.88 Å². The molecule has 2 atom stereocenters. The molecule has 1 heterocycles. The van der Waals surface area contributed by atoms with Crippen LogP contribution in [0, 0.1) is 0 Å². The molecule has 1 aliphatic rings. The standard InChI is InChI=1S/C11H15BrN2OS/c1-14(10-5-3-2-4-8(10)12)11(15)9-6-16-7-13-9/h6-8,10H,2-5H2,1H3. The number of alkyl halides is 1. The summed E-state index contributed by atoms with van der Waals surface area (Å²) in [6.07, 6.45) is 4.70. The number of thiazole rings is 1. The number of aromatic nitrogens is 1. The maximum absolute atomic E-state index is 12.1. The maximum atomic E-state index is 12.1. The van der Waals surface area contributed by atoms with E-state index < -0.39 is 0 Å². The summed E-state index contributed by atoms with van der Waals surface area (Å²) in [5.74, 6) is 0.0394. The van der Waals surface area contributed by atoms with E-state index in [-0.39, 0.29) is 5.91 Å². The summed E-state index contributed by atoms with van der Waals surface area (Å²) in [7, 11) is 1.88. The van der Waals surface area contributed by atoms with Gasteiger partial charge in [-0.3, -0.25) is 4.79 Å². The first-order valence-corrected chi connectivity index (χ1v) is 7.35. The molecule has 1 aliphatic carbocycles. The zero-order valence-electron chi connectivity index (χ0n) is 9.23. The molecule has 0 saturated heterocycles. The molecule has 1 amide bonds. The van der Waals surface area contributed by atoms with Crippen LogP contribution in [-0.4, -0.2) is 33.7 Å². The molecule has 3 nitrogen and oxygen atoms in total. The van der Waals surface area contributed by atoms with Gasteiger partial charge >= 0.3 is 0 Å². The Labute approximate surface area is 108 Å². The van der Waals surface area contributed by atoms with Gasteiger partial charge in [-0.25, -0.2) is 4.98 Å². The van der Waals surface area contributed by atoms with Crippen molar-refractivity contribution in [3.8, 4) is 0 Å². The average molecular weight is 303 g/mol. The van der Waals surface area contributed by atoms with Gasteiger partial charge in [-0.2, -0.15) is 0 Å². The minimum absolute atomic E-state index is 0.0394. The highest BCUT2D eigenvalue weighted by atomic mass is 79.9. The number of hydrogen-bond acceptors (Lipinski definition) is 3. The lowest BCUT2D eigenvalue weighted by Crippen LogP contribution is -2.44. The normalized spacial score (nSPS) is 25.4. The Morgan fingerprint density at radius 3 is 2.94 bits per heavy atom. The number of rotatable bonds is 2. The van der Waals surface area contributed by atoms with E-state index in [0.29, 0.717) is 16.6 Å². The highest BCUT2D eigenvalue weighted by Crippen LogP contribution is 2.28. The van der Waals surface area contributed by atoms with Gasteiger partial charge in [0, 0.05) is 23.3 Å². The molecule has 88 valence electrons. The molecular weight excluding hydrogens is 288 g/mol. The van der Waals surface area contributed by atoms with Crippen LogP contribution in [0.15, 0.2) is 10.9 Å². The van der Waals surface area contributed by atoms with Crippen LogP contribution in [0.4, 0.5) is 0 Å². The lowest BCUT2D eigenvalue weighted by atomic mass is 9.94. The molecule has 0 spiro atoms. The molecule has 0 bridgehead atoms. The minimum Gasteiger partial charge on any atom is -0.336 e. The molecule has 1 saturated carbocycles. The molecule has 1 fully saturated rings. The molecule has 2 unspecified atom stereocenters. The summed E-state index contributed by atoms with van der Waals surface area (Å²) >= 11 is 5.14. The second-order valence-corrected chi connectivity index (χ2v) is 6.05. The van der Waals surface area contributed by atoms with Crippen molar-refractivity contribution < 1.29 is 4.79 Å². The second-order valence-electron chi connectivity index (χ2n) is 4.16. The van der Waals surface area contributed by atoms with Gasteiger partial charge in [0.2, 0.25) is 0 Å². The summed E-state index contributed by atoms with van der Waals surface area (Å²) in [4.78, 5) is 18.4. The largest absolute Gasteiger partial charge is 0.336 e. The van der Waals surface area contributed by atoms with Gasteiger partial charge in [0.05, 0.1) is 5.51 Å². The predicted octanol–water partition coefficient (Wildman–Crippen LogP) is 2.92. The summed E-state index contributed by atoms with van der Waals surface area (Å²) in [5, 5.41) is 1.81. The smallest absolute Gasteiger partial charge is 0.273 e. The Kier molecular flexibility index (Phi) is 3.97. The number of carbonyl (C=O) groups is 1. The molecule has 2 rings (SSSR count). The maximum Gasteiger partial charge on any atom is 0.273 e. The SMILES string of the molecule is CN(C(=O)c1cscn1)C1CCCCC1Br. The van der Waals surface area contributed by atoms with E-state index in [2.05, 4.69) is 20.9 Å². The van der Waals surface area contributed by atoms with Gasteiger partial charge in [-0.1, -0.05) is 28.8 Å². The first-order valence-electron chi connectivity index (χ1n) is 5.49. The van der Waals surface area contributed by atoms with E-state index in [1.54, 1.807) is 5.51 Å². The van der Waals surface area contributed by atoms with Crippen LogP contribution in [0.3, 0.4) is 0 Å². The van der Waals surface area contributed by atoms with Gasteiger partial charge in [0.15, 0.2) is 0 Å². The second kappa shape index (κ2) is 5.27. The van der Waals surface area contributed by atoms with E-state index in [1.807, 2.05) is 17.3 Å². The fraction of sp³-hybridized carbons (Fsp3) is 0.636. The molecule has 0 aliphatic heterocycles. The number of halogens is 1. The molecular formula is C11H15BrN2OS. The zero-order valence-corrected chi connectivity index (χ0v) is 11.6. The van der Waals surface area contributed by atoms with E-state index >= 15 is 0 Å². The highest BCUT2D eigenvalue weighted by Gasteiger charge is 2.29. The monoisotopic (exact) mass is 302 g/mol. The minimum atomic E-state index is 0.0394. The van der Waals surface area contributed by atoms with Gasteiger partial charge in [-0.05, 0) is 12.8 Å². The van der Waals surface area contributed by atoms with Crippen LogP contribution in [0.2, 0.25) is 0 Å². The van der Waals surface area contributed by atoms with E-state index in [1.165, 1.54) is 24.2 Å². The number of carbonyl (C=O) groups excluding carboxylic acids is 1. The summed E-state index contributed by atoms with van der Waals surface area (Å²) < 4.78 is 0. The Bertz CT molecular complexity index is 355. The van der Waals surface area contributed by atoms with E-state index in [9.17, 15) is 4.79 Å². The molecule has 5 heteroatoms. The quantitative estimate of drug-likeness (QED) is 0.787. The topological polar surface area (TPSA) is 33.2 Å². The molecule has 0 aromatic carbocycles. The average Bonchev–Trinajstić information content (AvgIpc) is 2.81. The van der Waals surface area contributed by atoms with Crippen LogP contribution in [0.1, 0.15) is 36.2 Å². The first-order chi connectivity index (χ1) is 7.70. The number of amides is 1. The van der Waals surface area contributed by atoms with Gasteiger partial charge in [0.25, 0.3) is 5.91 Å². The van der Waals surface area contributed by atoms with Crippen LogP contribution >= 0.6 is 27.3 Å². The van der Waals surface area contributed by atoms with Crippen LogP contribution in [0.25, 0.3) is 0 Å². The van der Waals surface area contributed by atoms with E-state index in [0.717, 1.165) is 12.8 Å². The molecule has 0 radical (unpaired) electrons. The Morgan fingerprint density at radius 1 is 1.56 bits per heavy atom. The fourth-order valence-electron chi connectivity index (χ4n) is 2.15. The van der Waals surface area contributed by atoms with Gasteiger partial charge in [0.1, 0.15) is 5.69 Å². The van der Waals surface area contributed by atoms with Crippen molar-refractivity contribution >= 4 is 33.2 Å². The zero-order chi connectivity index (χ0) is 11.5. The predicted molar refractivity (Wildman–Crippen MR) is 69.2 cm³/mol. The third kappa shape index (κ3) is 2.46. The molecule has 16 heavy (non-hydrogen) atoms. The van der Waals surface area contributed by atoms with Crippen molar-refractivity contribution in [1.29, 1.82) is 0 Å². The van der Waals surface area contributed by atoms with Crippen molar-refractivity contribution in [2.45, 2.75) is 36.6 Å². The Balaban J connectivity index is 2.06. The number of nitrogens with zero attached hydrogens (tertiary/aromatic N) is 2. The summed E-state index contributed by atoms with van der Waals surface area (Å²) in [6.45, 7) is 0. The Morgan fingerprint density at radius 2 is 2.31 bits per heavy atom. The third-order valence-electron chi connectivity index (χ3n) is 3.12. The highest BCUT2D eigenvalue weighted by molar-refractivity contribution is 9.09. The van der Waals surface area contributed by atoms with Crippen molar-refractivity contribution in [3.05, 3.63) is 16.6 Å².